The number of terminal acetylenes is 1. The van der Waals surface area contributed by atoms with Crippen molar-refractivity contribution in [3.05, 3.63) is 0 Å². The maximum Gasteiger partial charge on any atom is 0.322 e. The molecule has 0 atom stereocenters. The highest BCUT2D eigenvalue weighted by Crippen LogP contribution is 1.87. The normalized spacial score (nSPS) is 10.5. The van der Waals surface area contributed by atoms with Gasteiger partial charge < -0.3 is 4.74 Å². The minimum Gasteiger partial charge on any atom is -0.465 e. The van der Waals surface area contributed by atoms with E-state index in [1.54, 1.807) is 6.92 Å². The highest BCUT2D eigenvalue weighted by atomic mass is 32.2. The Kier molecular flexibility index (Phi) is 5.11. The van der Waals surface area contributed by atoms with Crippen LogP contribution in [0, 0.1) is 12.3 Å². The second-order valence-electron chi connectivity index (χ2n) is 2.09. The molecule has 6 heteroatoms. The van der Waals surface area contributed by atoms with E-state index in [0.29, 0.717) is 0 Å². The Labute approximate surface area is 77.5 Å². The molecule has 0 spiro atoms. The van der Waals surface area contributed by atoms with Crippen molar-refractivity contribution in [3.63, 3.8) is 0 Å². The number of carbonyl (C=O) groups excluding carboxylic acids is 1. The first-order chi connectivity index (χ1) is 6.02. The van der Waals surface area contributed by atoms with Crippen LogP contribution in [0.1, 0.15) is 6.92 Å². The van der Waals surface area contributed by atoms with Crippen molar-refractivity contribution in [1.29, 1.82) is 0 Å². The summed E-state index contributed by atoms with van der Waals surface area (Å²) in [5.74, 6) is 0.610. The molecule has 0 fully saturated rings. The number of hydrogen-bond acceptors (Lipinski definition) is 4. The Bertz CT molecular complexity index is 301. The molecule has 0 aromatic carbocycles. The van der Waals surface area contributed by atoms with Crippen molar-refractivity contribution in [1.82, 2.24) is 4.72 Å². The third kappa shape index (κ3) is 6.13. The van der Waals surface area contributed by atoms with E-state index in [2.05, 4.69) is 10.7 Å². The van der Waals surface area contributed by atoms with Gasteiger partial charge in [0, 0.05) is 0 Å². The largest absolute Gasteiger partial charge is 0.465 e. The molecule has 0 amide bonds. The molecule has 0 saturated heterocycles. The molecule has 0 aliphatic rings. The fraction of sp³-hybridized carbons (Fsp3) is 0.571. The van der Waals surface area contributed by atoms with Gasteiger partial charge >= 0.3 is 5.97 Å². The van der Waals surface area contributed by atoms with E-state index in [4.69, 9.17) is 6.42 Å². The van der Waals surface area contributed by atoms with Gasteiger partial charge in [-0.25, -0.2) is 13.1 Å². The SMILES string of the molecule is C#CCNS(=O)(=O)CC(=O)OCC. The molecular formula is C7H11NO4S. The molecular weight excluding hydrogens is 194 g/mol. The number of rotatable bonds is 5. The van der Waals surface area contributed by atoms with Gasteiger partial charge in [0.15, 0.2) is 5.75 Å². The zero-order valence-electron chi connectivity index (χ0n) is 7.24. The minimum absolute atomic E-state index is 0.123. The maximum absolute atomic E-state index is 11.0. The van der Waals surface area contributed by atoms with Crippen LogP contribution in [0.4, 0.5) is 0 Å². The number of hydrogen-bond donors (Lipinski definition) is 1. The topological polar surface area (TPSA) is 72.5 Å². The van der Waals surface area contributed by atoms with Crippen molar-refractivity contribution < 1.29 is 17.9 Å². The standard InChI is InChI=1S/C7H11NO4S/c1-3-5-8-13(10,11)6-7(9)12-4-2/h1,8H,4-6H2,2H3. The van der Waals surface area contributed by atoms with E-state index in [9.17, 15) is 13.2 Å². The molecule has 13 heavy (non-hydrogen) atoms. The van der Waals surface area contributed by atoms with Crippen LogP contribution in [-0.2, 0) is 19.6 Å². The van der Waals surface area contributed by atoms with Crippen LogP contribution in [0.25, 0.3) is 0 Å². The number of nitrogens with one attached hydrogen (secondary N) is 1. The summed E-state index contributed by atoms with van der Waals surface area (Å²) in [7, 11) is -3.63. The predicted molar refractivity (Wildman–Crippen MR) is 47.3 cm³/mol. The average Bonchev–Trinajstić information content (AvgIpc) is 2.00. The average molecular weight is 205 g/mol. The van der Waals surface area contributed by atoms with Gasteiger partial charge in [0.25, 0.3) is 0 Å². The summed E-state index contributed by atoms with van der Waals surface area (Å²) in [6.45, 7) is 1.63. The van der Waals surface area contributed by atoms with Crippen LogP contribution in [0.5, 0.6) is 0 Å². The van der Waals surface area contributed by atoms with Crippen molar-refractivity contribution in [3.8, 4) is 12.3 Å². The van der Waals surface area contributed by atoms with E-state index in [1.807, 2.05) is 4.72 Å². The number of carbonyl (C=O) groups is 1. The van der Waals surface area contributed by atoms with Crippen LogP contribution < -0.4 is 4.72 Å². The third-order valence-corrected chi connectivity index (χ3v) is 2.21. The van der Waals surface area contributed by atoms with Crippen molar-refractivity contribution in [2.24, 2.45) is 0 Å². The molecule has 1 N–H and O–H groups in total. The monoisotopic (exact) mass is 205 g/mol. The Morgan fingerprint density at radius 3 is 2.69 bits per heavy atom. The van der Waals surface area contributed by atoms with E-state index >= 15 is 0 Å². The number of sulfonamides is 1. The second kappa shape index (κ2) is 5.56. The van der Waals surface area contributed by atoms with Crippen LogP contribution in [0.15, 0.2) is 0 Å². The summed E-state index contributed by atoms with van der Waals surface area (Å²) in [5, 5.41) is 0. The molecule has 0 radical (unpaired) electrons. The summed E-state index contributed by atoms with van der Waals surface area (Å²) in [6, 6.07) is 0. The summed E-state index contributed by atoms with van der Waals surface area (Å²) >= 11 is 0. The molecule has 74 valence electrons. The first-order valence-electron chi connectivity index (χ1n) is 3.58. The van der Waals surface area contributed by atoms with Gasteiger partial charge in [-0.2, -0.15) is 0 Å². The Balaban J connectivity index is 4.04. The lowest BCUT2D eigenvalue weighted by Gasteiger charge is -2.02. The van der Waals surface area contributed by atoms with Gasteiger partial charge in [-0.15, -0.1) is 6.42 Å². The lowest BCUT2D eigenvalue weighted by atomic mass is 10.7. The van der Waals surface area contributed by atoms with Gasteiger partial charge in [-0.3, -0.25) is 4.79 Å². The molecule has 0 aromatic heterocycles. The summed E-state index contributed by atoms with van der Waals surface area (Å²) in [6.07, 6.45) is 4.83. The molecule has 0 saturated carbocycles. The zero-order chi connectivity index (χ0) is 10.3. The van der Waals surface area contributed by atoms with Crippen LogP contribution in [0.3, 0.4) is 0 Å². The molecule has 0 aliphatic heterocycles. The fourth-order valence-electron chi connectivity index (χ4n) is 0.560. The predicted octanol–water partition coefficient (Wildman–Crippen LogP) is -0.898. The molecule has 0 heterocycles. The molecule has 0 aliphatic carbocycles. The van der Waals surface area contributed by atoms with E-state index in [1.165, 1.54) is 0 Å². The van der Waals surface area contributed by atoms with Gasteiger partial charge in [0.05, 0.1) is 13.2 Å². The molecule has 0 unspecified atom stereocenters. The molecule has 0 aromatic rings. The molecule has 5 nitrogen and oxygen atoms in total. The lowest BCUT2D eigenvalue weighted by molar-refractivity contribution is -0.139. The maximum atomic E-state index is 11.0. The van der Waals surface area contributed by atoms with Crippen LogP contribution in [-0.4, -0.2) is 33.3 Å². The Morgan fingerprint density at radius 1 is 1.62 bits per heavy atom. The molecule has 0 rings (SSSR count). The fourth-order valence-corrected chi connectivity index (χ4v) is 1.36. The highest BCUT2D eigenvalue weighted by molar-refractivity contribution is 7.90. The van der Waals surface area contributed by atoms with Gasteiger partial charge in [0.2, 0.25) is 10.0 Å². The summed E-state index contributed by atoms with van der Waals surface area (Å²) < 4.78 is 28.4. The van der Waals surface area contributed by atoms with Crippen molar-refractivity contribution >= 4 is 16.0 Å². The first-order valence-corrected chi connectivity index (χ1v) is 5.23. The van der Waals surface area contributed by atoms with E-state index < -0.39 is 21.7 Å². The van der Waals surface area contributed by atoms with Gasteiger partial charge in [0.1, 0.15) is 0 Å². The second-order valence-corrected chi connectivity index (χ2v) is 3.90. The highest BCUT2D eigenvalue weighted by Gasteiger charge is 2.15. The Morgan fingerprint density at radius 2 is 2.23 bits per heavy atom. The zero-order valence-corrected chi connectivity index (χ0v) is 8.06. The van der Waals surface area contributed by atoms with Gasteiger partial charge in [-0.1, -0.05) is 5.92 Å². The third-order valence-electron chi connectivity index (χ3n) is 1.01. The quantitative estimate of drug-likeness (QED) is 0.466. The summed E-state index contributed by atoms with van der Waals surface area (Å²) in [4.78, 5) is 10.7. The first kappa shape index (κ1) is 11.9. The number of esters is 1. The van der Waals surface area contributed by atoms with Crippen LogP contribution in [0.2, 0.25) is 0 Å². The lowest BCUT2D eigenvalue weighted by Crippen LogP contribution is -2.31. The van der Waals surface area contributed by atoms with Crippen LogP contribution >= 0.6 is 0 Å². The smallest absolute Gasteiger partial charge is 0.322 e. The van der Waals surface area contributed by atoms with E-state index in [-0.39, 0.29) is 13.2 Å². The molecule has 0 bridgehead atoms. The van der Waals surface area contributed by atoms with Crippen molar-refractivity contribution in [2.75, 3.05) is 18.9 Å². The summed E-state index contributed by atoms with van der Waals surface area (Å²) in [5.41, 5.74) is 0. The van der Waals surface area contributed by atoms with Crippen molar-refractivity contribution in [2.45, 2.75) is 6.92 Å². The van der Waals surface area contributed by atoms with E-state index in [0.717, 1.165) is 0 Å². The Hall–Kier alpha value is -1.06. The minimum atomic E-state index is -3.63. The van der Waals surface area contributed by atoms with Gasteiger partial charge in [-0.05, 0) is 6.92 Å². The number of ether oxygens (including phenoxy) is 1.